The lowest BCUT2D eigenvalue weighted by atomic mass is 9.97. The molecule has 19 heavy (non-hydrogen) atoms. The first-order chi connectivity index (χ1) is 9.26. The van der Waals surface area contributed by atoms with Crippen LogP contribution in [0.15, 0.2) is 12.1 Å². The van der Waals surface area contributed by atoms with Crippen molar-refractivity contribution < 1.29 is 0 Å². The van der Waals surface area contributed by atoms with Crippen LogP contribution in [0, 0.1) is 0 Å². The zero-order valence-corrected chi connectivity index (χ0v) is 13.1. The van der Waals surface area contributed by atoms with Gasteiger partial charge in [-0.15, -0.1) is 11.3 Å². The van der Waals surface area contributed by atoms with Gasteiger partial charge in [0.25, 0.3) is 0 Å². The summed E-state index contributed by atoms with van der Waals surface area (Å²) in [6, 6.07) is 6.54. The van der Waals surface area contributed by atoms with Crippen LogP contribution in [0.1, 0.15) is 43.9 Å². The summed E-state index contributed by atoms with van der Waals surface area (Å²) in [6.07, 6.45) is 6.66. The molecule has 2 unspecified atom stereocenters. The number of rotatable bonds is 5. The number of fused-ring (bicyclic) bond motifs is 2. The molecular weight excluding hydrogens is 276 g/mol. The third kappa shape index (κ3) is 3.15. The zero-order valence-electron chi connectivity index (χ0n) is 11.6. The molecule has 3 heterocycles. The first kappa shape index (κ1) is 13.9. The third-order valence-corrected chi connectivity index (χ3v) is 5.75. The Morgan fingerprint density at radius 2 is 2.05 bits per heavy atom. The number of nitrogens with one attached hydrogen (secondary N) is 1. The van der Waals surface area contributed by atoms with Gasteiger partial charge in [-0.2, -0.15) is 0 Å². The second-order valence-corrected chi connectivity index (χ2v) is 7.69. The number of halogens is 1. The molecule has 2 fully saturated rings. The van der Waals surface area contributed by atoms with E-state index in [1.165, 1.54) is 43.5 Å². The van der Waals surface area contributed by atoms with Crippen molar-refractivity contribution >= 4 is 22.9 Å². The van der Waals surface area contributed by atoms with E-state index in [1.54, 1.807) is 11.3 Å². The zero-order chi connectivity index (χ0) is 13.2. The maximum Gasteiger partial charge on any atom is 0.0931 e. The van der Waals surface area contributed by atoms with E-state index in [0.717, 1.165) is 29.0 Å². The van der Waals surface area contributed by atoms with Gasteiger partial charge in [-0.25, -0.2) is 0 Å². The molecule has 1 N–H and O–H groups in total. The normalized spacial score (nSPS) is 30.9. The average molecular weight is 299 g/mol. The second kappa shape index (κ2) is 6.13. The minimum absolute atomic E-state index is 0.751. The molecule has 106 valence electrons. The van der Waals surface area contributed by atoms with Gasteiger partial charge in [-0.3, -0.25) is 4.90 Å². The highest BCUT2D eigenvalue weighted by atomic mass is 35.5. The minimum atomic E-state index is 0.751. The fraction of sp³-hybridized carbons (Fsp3) is 0.733. The Hall–Kier alpha value is -0.0900. The van der Waals surface area contributed by atoms with Crippen molar-refractivity contribution in [2.45, 2.75) is 63.7 Å². The molecule has 0 radical (unpaired) electrons. The molecule has 2 aliphatic rings. The maximum atomic E-state index is 6.04. The van der Waals surface area contributed by atoms with Crippen LogP contribution in [-0.2, 0) is 6.54 Å². The molecule has 1 aromatic rings. The van der Waals surface area contributed by atoms with Crippen LogP contribution in [0.5, 0.6) is 0 Å². The van der Waals surface area contributed by atoms with Crippen LogP contribution >= 0.6 is 22.9 Å². The van der Waals surface area contributed by atoms with Crippen LogP contribution in [0.2, 0.25) is 4.34 Å². The fourth-order valence-corrected chi connectivity index (χ4v) is 4.76. The summed E-state index contributed by atoms with van der Waals surface area (Å²) in [5.74, 6) is 0. The Balaban J connectivity index is 1.60. The van der Waals surface area contributed by atoms with Crippen LogP contribution in [0.25, 0.3) is 0 Å². The third-order valence-electron chi connectivity index (χ3n) is 4.53. The minimum Gasteiger partial charge on any atom is -0.314 e. The summed E-state index contributed by atoms with van der Waals surface area (Å²) in [5.41, 5.74) is 0. The molecule has 2 aliphatic heterocycles. The molecule has 0 spiro atoms. The molecule has 3 rings (SSSR count). The summed E-state index contributed by atoms with van der Waals surface area (Å²) in [7, 11) is 0. The van der Waals surface area contributed by atoms with Crippen molar-refractivity contribution in [2.24, 2.45) is 0 Å². The first-order valence-electron chi connectivity index (χ1n) is 7.49. The molecule has 2 nitrogen and oxygen atoms in total. The molecule has 1 aromatic heterocycles. The Labute approximate surface area is 125 Å². The van der Waals surface area contributed by atoms with E-state index in [4.69, 9.17) is 11.6 Å². The van der Waals surface area contributed by atoms with Crippen LogP contribution < -0.4 is 5.32 Å². The van der Waals surface area contributed by atoms with Gasteiger partial charge in [-0.1, -0.05) is 18.5 Å². The summed E-state index contributed by atoms with van der Waals surface area (Å²) in [5, 5.41) is 3.72. The predicted octanol–water partition coefficient (Wildman–Crippen LogP) is 3.90. The lowest BCUT2D eigenvalue weighted by molar-refractivity contribution is 0.110. The number of hydrogen-bond acceptors (Lipinski definition) is 3. The Bertz CT molecular complexity index is 406. The topological polar surface area (TPSA) is 15.3 Å². The first-order valence-corrected chi connectivity index (χ1v) is 8.69. The number of piperidine rings is 1. The maximum absolute atomic E-state index is 6.04. The molecule has 0 saturated carbocycles. The van der Waals surface area contributed by atoms with Gasteiger partial charge in [0.05, 0.1) is 4.34 Å². The average Bonchev–Trinajstić information content (AvgIpc) is 2.89. The van der Waals surface area contributed by atoms with Crippen LogP contribution in [0.3, 0.4) is 0 Å². The predicted molar refractivity (Wildman–Crippen MR) is 83.0 cm³/mol. The molecule has 2 saturated heterocycles. The second-order valence-electron chi connectivity index (χ2n) is 5.89. The molecular formula is C15H23ClN2S. The van der Waals surface area contributed by atoms with Gasteiger partial charge >= 0.3 is 0 Å². The van der Waals surface area contributed by atoms with Crippen molar-refractivity contribution in [3.63, 3.8) is 0 Å². The molecule has 2 atom stereocenters. The lowest BCUT2D eigenvalue weighted by Gasteiger charge is -2.39. The van der Waals surface area contributed by atoms with Crippen molar-refractivity contribution in [1.29, 1.82) is 0 Å². The largest absolute Gasteiger partial charge is 0.314 e. The summed E-state index contributed by atoms with van der Waals surface area (Å²) >= 11 is 7.77. The number of thiophene rings is 1. The molecule has 0 aromatic carbocycles. The van der Waals surface area contributed by atoms with E-state index in [9.17, 15) is 0 Å². The van der Waals surface area contributed by atoms with Crippen molar-refractivity contribution in [1.82, 2.24) is 10.2 Å². The van der Waals surface area contributed by atoms with Crippen molar-refractivity contribution in [2.75, 3.05) is 6.54 Å². The van der Waals surface area contributed by atoms with Gasteiger partial charge in [0, 0.05) is 29.5 Å². The van der Waals surface area contributed by atoms with Crippen LogP contribution in [0.4, 0.5) is 0 Å². The smallest absolute Gasteiger partial charge is 0.0931 e. The highest BCUT2D eigenvalue weighted by Gasteiger charge is 2.40. The fourth-order valence-electron chi connectivity index (χ4n) is 3.66. The lowest BCUT2D eigenvalue weighted by Crippen LogP contribution is -2.48. The van der Waals surface area contributed by atoms with E-state index in [2.05, 4.69) is 23.2 Å². The summed E-state index contributed by atoms with van der Waals surface area (Å²) in [6.45, 7) is 4.52. The van der Waals surface area contributed by atoms with Gasteiger partial charge in [0.15, 0.2) is 0 Å². The Morgan fingerprint density at radius 1 is 1.32 bits per heavy atom. The van der Waals surface area contributed by atoms with E-state index in [0.29, 0.717) is 0 Å². The van der Waals surface area contributed by atoms with Gasteiger partial charge in [0.2, 0.25) is 0 Å². The van der Waals surface area contributed by atoms with E-state index in [1.807, 2.05) is 6.07 Å². The van der Waals surface area contributed by atoms with E-state index >= 15 is 0 Å². The Morgan fingerprint density at radius 3 is 2.63 bits per heavy atom. The van der Waals surface area contributed by atoms with Crippen molar-refractivity contribution in [3.05, 3.63) is 21.3 Å². The van der Waals surface area contributed by atoms with E-state index in [-0.39, 0.29) is 0 Å². The van der Waals surface area contributed by atoms with Crippen molar-refractivity contribution in [3.8, 4) is 0 Å². The number of hydrogen-bond donors (Lipinski definition) is 1. The molecule has 4 heteroatoms. The van der Waals surface area contributed by atoms with Gasteiger partial charge in [0.1, 0.15) is 0 Å². The Kier molecular flexibility index (Phi) is 4.47. The van der Waals surface area contributed by atoms with Gasteiger partial charge in [-0.05, 0) is 50.8 Å². The highest BCUT2D eigenvalue weighted by Crippen LogP contribution is 2.37. The molecule has 2 bridgehead atoms. The monoisotopic (exact) mass is 298 g/mol. The summed E-state index contributed by atoms with van der Waals surface area (Å²) in [4.78, 5) is 4.15. The highest BCUT2D eigenvalue weighted by molar-refractivity contribution is 7.16. The number of nitrogens with zero attached hydrogens (tertiary/aromatic N) is 1. The molecule has 0 aliphatic carbocycles. The standard InChI is InChI=1S/C15H23ClN2S/c1-2-7-17-11-8-12-3-4-13(9-11)18(12)10-14-5-6-15(16)19-14/h5-6,11-13,17H,2-4,7-10H2,1H3. The van der Waals surface area contributed by atoms with E-state index < -0.39 is 0 Å². The van der Waals surface area contributed by atoms with Gasteiger partial charge < -0.3 is 5.32 Å². The quantitative estimate of drug-likeness (QED) is 0.887. The SMILES string of the molecule is CCCNC1CC2CCC(C1)N2Cc1ccc(Cl)s1. The summed E-state index contributed by atoms with van der Waals surface area (Å²) < 4.78 is 0.918. The molecule has 0 amide bonds. The van der Waals surface area contributed by atoms with Crippen LogP contribution in [-0.4, -0.2) is 29.6 Å².